The minimum atomic E-state index is -0.389. The van der Waals surface area contributed by atoms with Crippen molar-refractivity contribution in [3.8, 4) is 16.9 Å². The quantitative estimate of drug-likeness (QED) is 0.603. The third kappa shape index (κ3) is 3.45. The topological polar surface area (TPSA) is 56.7 Å². The lowest BCUT2D eigenvalue weighted by atomic mass is 10.0. The van der Waals surface area contributed by atoms with Crippen molar-refractivity contribution in [3.63, 3.8) is 0 Å². The summed E-state index contributed by atoms with van der Waals surface area (Å²) in [4.78, 5) is 14.3. The number of fused-ring (bicyclic) bond motifs is 1. The predicted molar refractivity (Wildman–Crippen MR) is 120 cm³/mol. The van der Waals surface area contributed by atoms with E-state index in [1.165, 1.54) is 16.0 Å². The van der Waals surface area contributed by atoms with Gasteiger partial charge in [0.2, 0.25) is 0 Å². The Kier molecular flexibility index (Phi) is 5.13. The molecular formula is C23H27N3O3S. The van der Waals surface area contributed by atoms with E-state index in [-0.39, 0.29) is 5.79 Å². The zero-order valence-electron chi connectivity index (χ0n) is 17.7. The van der Waals surface area contributed by atoms with Crippen LogP contribution in [0.3, 0.4) is 0 Å². The number of ether oxygens (including phenoxy) is 3. The molecule has 3 aromatic rings. The van der Waals surface area contributed by atoms with E-state index < -0.39 is 0 Å². The van der Waals surface area contributed by atoms with Crippen LogP contribution in [0.4, 0.5) is 5.82 Å². The Morgan fingerprint density at radius 3 is 2.43 bits per heavy atom. The molecule has 7 heteroatoms. The highest BCUT2D eigenvalue weighted by molar-refractivity contribution is 7.19. The predicted octanol–water partition coefficient (Wildman–Crippen LogP) is 4.72. The van der Waals surface area contributed by atoms with Crippen LogP contribution in [0.5, 0.6) is 5.75 Å². The van der Waals surface area contributed by atoms with E-state index in [2.05, 4.69) is 24.0 Å². The average molecular weight is 426 g/mol. The van der Waals surface area contributed by atoms with Crippen LogP contribution in [0.15, 0.2) is 24.3 Å². The molecule has 2 fully saturated rings. The fourth-order valence-electron chi connectivity index (χ4n) is 4.50. The Morgan fingerprint density at radius 2 is 1.77 bits per heavy atom. The molecule has 0 saturated carbocycles. The molecule has 0 amide bonds. The van der Waals surface area contributed by atoms with Crippen LogP contribution < -0.4 is 9.64 Å². The number of piperidine rings is 1. The summed E-state index contributed by atoms with van der Waals surface area (Å²) < 4.78 is 17.4. The van der Waals surface area contributed by atoms with Gasteiger partial charge in [-0.15, -0.1) is 11.3 Å². The maximum atomic E-state index is 5.91. The van der Waals surface area contributed by atoms with E-state index in [0.29, 0.717) is 19.8 Å². The Bertz CT molecular complexity index is 1050. The first-order valence-electron chi connectivity index (χ1n) is 10.6. The highest BCUT2D eigenvalue weighted by atomic mass is 32.1. The zero-order valence-corrected chi connectivity index (χ0v) is 18.6. The lowest BCUT2D eigenvalue weighted by Crippen LogP contribution is -2.45. The molecule has 1 spiro atoms. The maximum Gasteiger partial charge on any atom is 0.171 e. The molecule has 5 rings (SSSR count). The Hall–Kier alpha value is -2.22. The van der Waals surface area contributed by atoms with E-state index in [9.17, 15) is 0 Å². The number of rotatable bonds is 4. The monoisotopic (exact) mass is 425 g/mol. The number of nitrogens with zero attached hydrogens (tertiary/aromatic N) is 3. The van der Waals surface area contributed by atoms with Gasteiger partial charge in [-0.1, -0.05) is 12.1 Å². The van der Waals surface area contributed by atoms with Crippen LogP contribution in [0, 0.1) is 13.8 Å². The van der Waals surface area contributed by atoms with Crippen molar-refractivity contribution in [3.05, 3.63) is 35.0 Å². The smallest absolute Gasteiger partial charge is 0.171 e. The Balaban J connectivity index is 1.55. The van der Waals surface area contributed by atoms with E-state index >= 15 is 0 Å². The molecular weight excluding hydrogens is 398 g/mol. The van der Waals surface area contributed by atoms with E-state index in [4.69, 9.17) is 24.2 Å². The summed E-state index contributed by atoms with van der Waals surface area (Å²) in [6.45, 7) is 9.94. The van der Waals surface area contributed by atoms with Crippen molar-refractivity contribution in [2.24, 2.45) is 0 Å². The molecule has 2 aromatic heterocycles. The van der Waals surface area contributed by atoms with E-state index in [1.54, 1.807) is 11.3 Å². The van der Waals surface area contributed by atoms with Gasteiger partial charge in [0.05, 0.1) is 25.2 Å². The van der Waals surface area contributed by atoms with Crippen LogP contribution in [-0.2, 0) is 9.47 Å². The fourth-order valence-corrected chi connectivity index (χ4v) is 5.59. The molecule has 2 aliphatic rings. The summed E-state index contributed by atoms with van der Waals surface area (Å²) in [7, 11) is 0. The number of hydrogen-bond acceptors (Lipinski definition) is 7. The molecule has 158 valence electrons. The van der Waals surface area contributed by atoms with Gasteiger partial charge in [0.1, 0.15) is 22.2 Å². The summed E-state index contributed by atoms with van der Waals surface area (Å²) >= 11 is 1.74. The lowest BCUT2D eigenvalue weighted by molar-refractivity contribution is -0.169. The molecule has 0 bridgehead atoms. The Morgan fingerprint density at radius 1 is 1.07 bits per heavy atom. The van der Waals surface area contributed by atoms with Crippen molar-refractivity contribution < 1.29 is 14.2 Å². The molecule has 0 unspecified atom stereocenters. The van der Waals surface area contributed by atoms with Gasteiger partial charge in [-0.05, 0) is 38.5 Å². The number of thiophene rings is 1. The van der Waals surface area contributed by atoms with E-state index in [0.717, 1.165) is 53.5 Å². The first-order valence-corrected chi connectivity index (χ1v) is 11.4. The minimum Gasteiger partial charge on any atom is -0.494 e. The van der Waals surface area contributed by atoms with Crippen molar-refractivity contribution in [2.75, 3.05) is 37.8 Å². The van der Waals surface area contributed by atoms with Crippen LogP contribution in [0.2, 0.25) is 0 Å². The fraction of sp³-hybridized carbons (Fsp3) is 0.478. The van der Waals surface area contributed by atoms with Gasteiger partial charge in [-0.2, -0.15) is 0 Å². The SMILES string of the molecule is CCOc1ccc(-c2c(C)sc3nc(C)nc(N4CCC5(CC4)OCCO5)c23)cc1. The van der Waals surface area contributed by atoms with Crippen molar-refractivity contribution in [1.82, 2.24) is 9.97 Å². The molecule has 2 saturated heterocycles. The van der Waals surface area contributed by atoms with Gasteiger partial charge in [-0.3, -0.25) is 0 Å². The number of aromatic nitrogens is 2. The van der Waals surface area contributed by atoms with Gasteiger partial charge in [0, 0.05) is 36.4 Å². The highest BCUT2D eigenvalue weighted by Gasteiger charge is 2.40. The molecule has 0 N–H and O–H groups in total. The van der Waals surface area contributed by atoms with Crippen LogP contribution in [0.1, 0.15) is 30.5 Å². The highest BCUT2D eigenvalue weighted by Crippen LogP contribution is 2.43. The zero-order chi connectivity index (χ0) is 20.7. The second-order valence-corrected chi connectivity index (χ2v) is 9.06. The largest absolute Gasteiger partial charge is 0.494 e. The van der Waals surface area contributed by atoms with Gasteiger partial charge >= 0.3 is 0 Å². The maximum absolute atomic E-state index is 5.91. The Labute approximate surface area is 180 Å². The average Bonchev–Trinajstić information content (AvgIpc) is 3.32. The standard InChI is InChI=1S/C23H27N3O3S/c1-4-27-18-7-5-17(6-8-18)19-15(2)30-22-20(19)21(24-16(3)25-22)26-11-9-23(10-12-26)28-13-14-29-23/h5-8H,4,9-14H2,1-3H3. The summed E-state index contributed by atoms with van der Waals surface area (Å²) in [6, 6.07) is 8.34. The lowest BCUT2D eigenvalue weighted by Gasteiger charge is -2.38. The van der Waals surface area contributed by atoms with Gasteiger partial charge < -0.3 is 19.1 Å². The number of hydrogen-bond donors (Lipinski definition) is 0. The number of aryl methyl sites for hydroxylation is 2. The normalized spacial score (nSPS) is 18.4. The van der Waals surface area contributed by atoms with Gasteiger partial charge in [-0.25, -0.2) is 9.97 Å². The number of benzene rings is 1. The molecule has 30 heavy (non-hydrogen) atoms. The molecule has 2 aliphatic heterocycles. The van der Waals surface area contributed by atoms with Crippen molar-refractivity contribution >= 4 is 27.4 Å². The second kappa shape index (κ2) is 7.80. The molecule has 6 nitrogen and oxygen atoms in total. The van der Waals surface area contributed by atoms with Gasteiger partial charge in [0.25, 0.3) is 0 Å². The third-order valence-corrected chi connectivity index (χ3v) is 6.91. The molecule has 0 radical (unpaired) electrons. The first-order chi connectivity index (χ1) is 14.6. The molecule has 1 aromatic carbocycles. The summed E-state index contributed by atoms with van der Waals surface area (Å²) in [6.07, 6.45) is 1.72. The van der Waals surface area contributed by atoms with Crippen molar-refractivity contribution in [2.45, 2.75) is 39.4 Å². The third-order valence-electron chi connectivity index (χ3n) is 5.91. The molecule has 4 heterocycles. The summed E-state index contributed by atoms with van der Waals surface area (Å²) in [5.41, 5.74) is 2.40. The van der Waals surface area contributed by atoms with Gasteiger partial charge in [0.15, 0.2) is 5.79 Å². The van der Waals surface area contributed by atoms with Crippen LogP contribution in [0.25, 0.3) is 21.3 Å². The van der Waals surface area contributed by atoms with E-state index in [1.807, 2.05) is 26.0 Å². The molecule has 0 aliphatic carbocycles. The second-order valence-electron chi connectivity index (χ2n) is 7.86. The summed E-state index contributed by atoms with van der Waals surface area (Å²) in [5, 5.41) is 1.15. The van der Waals surface area contributed by atoms with Crippen LogP contribution in [-0.4, -0.2) is 48.7 Å². The first kappa shape index (κ1) is 19.7. The minimum absolute atomic E-state index is 0.389. The van der Waals surface area contributed by atoms with Crippen LogP contribution >= 0.6 is 11.3 Å². The van der Waals surface area contributed by atoms with Crippen molar-refractivity contribution in [1.29, 1.82) is 0 Å². The molecule has 0 atom stereocenters. The number of anilines is 1. The summed E-state index contributed by atoms with van der Waals surface area (Å²) in [5.74, 6) is 2.34.